The summed E-state index contributed by atoms with van der Waals surface area (Å²) in [7, 11) is 0. The monoisotopic (exact) mass is 509 g/mol. The van der Waals surface area contributed by atoms with Gasteiger partial charge in [-0.05, 0) is 60.5 Å². The van der Waals surface area contributed by atoms with E-state index in [1.807, 2.05) is 12.1 Å². The van der Waals surface area contributed by atoms with Gasteiger partial charge in [-0.15, -0.1) is 12.4 Å². The third-order valence-electron chi connectivity index (χ3n) is 4.51. The number of ether oxygens (including phenoxy) is 1. The second-order valence-electron chi connectivity index (χ2n) is 7.53. The average Bonchev–Trinajstić information content (AvgIpc) is 2.78. The Bertz CT molecular complexity index is 1060. The van der Waals surface area contributed by atoms with Crippen molar-refractivity contribution in [1.82, 2.24) is 4.98 Å². The smallest absolute Gasteiger partial charge is 0.255 e. The van der Waals surface area contributed by atoms with Crippen molar-refractivity contribution < 1.29 is 14.6 Å². The number of carbonyl (C=O) groups is 1. The Hall–Kier alpha value is -2.51. The van der Waals surface area contributed by atoms with Gasteiger partial charge in [-0.1, -0.05) is 37.0 Å². The first kappa shape index (κ1) is 26.7. The van der Waals surface area contributed by atoms with Gasteiger partial charge >= 0.3 is 0 Å². The van der Waals surface area contributed by atoms with Crippen molar-refractivity contribution in [3.05, 3.63) is 76.4 Å². The van der Waals surface area contributed by atoms with Gasteiger partial charge in [0.05, 0.1) is 28.9 Å². The van der Waals surface area contributed by atoms with Crippen LogP contribution in [-0.2, 0) is 0 Å². The number of nitrogens with one attached hydrogen (secondary N) is 1. The van der Waals surface area contributed by atoms with E-state index in [0.717, 1.165) is 5.75 Å². The van der Waals surface area contributed by atoms with E-state index in [1.165, 1.54) is 0 Å². The zero-order chi connectivity index (χ0) is 23.1. The number of nitrogens with zero attached hydrogens (tertiary/aromatic N) is 2. The number of amides is 1. The van der Waals surface area contributed by atoms with E-state index in [4.69, 9.17) is 27.9 Å². The molecule has 0 spiro atoms. The van der Waals surface area contributed by atoms with E-state index in [9.17, 15) is 9.90 Å². The Morgan fingerprint density at radius 3 is 2.48 bits per heavy atom. The lowest BCUT2D eigenvalue weighted by Gasteiger charge is -2.25. The minimum Gasteiger partial charge on any atom is -0.493 e. The summed E-state index contributed by atoms with van der Waals surface area (Å²) in [5.41, 5.74) is 1.56. The Morgan fingerprint density at radius 2 is 1.85 bits per heavy atom. The Kier molecular flexibility index (Phi) is 10.3. The van der Waals surface area contributed by atoms with Crippen molar-refractivity contribution in [3.63, 3.8) is 0 Å². The van der Waals surface area contributed by atoms with Crippen LogP contribution in [0.3, 0.4) is 0 Å². The molecule has 0 fully saturated rings. The molecule has 0 unspecified atom stereocenters. The molecular weight excluding hydrogens is 485 g/mol. The van der Waals surface area contributed by atoms with Gasteiger partial charge in [0.2, 0.25) is 0 Å². The molecule has 0 saturated heterocycles. The van der Waals surface area contributed by atoms with Gasteiger partial charge in [-0.25, -0.2) is 4.98 Å². The Labute approximate surface area is 209 Å². The van der Waals surface area contributed by atoms with Gasteiger partial charge in [0.25, 0.3) is 5.91 Å². The van der Waals surface area contributed by atoms with Crippen LogP contribution >= 0.6 is 35.6 Å². The summed E-state index contributed by atoms with van der Waals surface area (Å²) in [4.78, 5) is 18.9. The third-order valence-corrected chi connectivity index (χ3v) is 5.13. The Morgan fingerprint density at radius 1 is 1.12 bits per heavy atom. The number of halogens is 3. The number of hydrogen-bond donors (Lipinski definition) is 2. The molecule has 0 atom stereocenters. The van der Waals surface area contributed by atoms with Gasteiger partial charge < -0.3 is 20.1 Å². The maximum atomic E-state index is 12.9. The van der Waals surface area contributed by atoms with Gasteiger partial charge in [0, 0.05) is 24.0 Å². The zero-order valence-corrected chi connectivity index (χ0v) is 20.6. The van der Waals surface area contributed by atoms with E-state index in [1.54, 1.807) is 53.6 Å². The summed E-state index contributed by atoms with van der Waals surface area (Å²) in [6, 6.07) is 15.6. The van der Waals surface area contributed by atoms with E-state index in [0.29, 0.717) is 45.3 Å². The molecule has 6 nitrogen and oxygen atoms in total. The molecule has 0 aliphatic heterocycles. The van der Waals surface area contributed by atoms with Gasteiger partial charge in [-0.2, -0.15) is 0 Å². The molecule has 1 aromatic heterocycles. The lowest BCUT2D eigenvalue weighted by molar-refractivity contribution is 0.102. The highest BCUT2D eigenvalue weighted by Crippen LogP contribution is 2.35. The third kappa shape index (κ3) is 7.24. The van der Waals surface area contributed by atoms with Crippen LogP contribution in [0.2, 0.25) is 10.0 Å². The van der Waals surface area contributed by atoms with Crippen molar-refractivity contribution in [1.29, 1.82) is 0 Å². The molecule has 0 saturated carbocycles. The summed E-state index contributed by atoms with van der Waals surface area (Å²) >= 11 is 12.7. The molecule has 0 aliphatic carbocycles. The molecule has 1 heterocycles. The second-order valence-corrected chi connectivity index (χ2v) is 8.35. The van der Waals surface area contributed by atoms with Crippen molar-refractivity contribution in [2.75, 3.05) is 30.0 Å². The SMILES string of the molecule is CC(C)COc1ccc(NC(=O)c2ccc(Cl)c(N(CCO)c3ncccc3Cl)c2)cc1.Cl. The fraction of sp³-hybridized carbons (Fsp3) is 0.250. The molecule has 2 N–H and O–H groups in total. The number of hydrogen-bond acceptors (Lipinski definition) is 5. The molecule has 0 radical (unpaired) electrons. The maximum Gasteiger partial charge on any atom is 0.255 e. The van der Waals surface area contributed by atoms with Crippen molar-refractivity contribution in [2.24, 2.45) is 5.92 Å². The molecule has 1 amide bonds. The van der Waals surface area contributed by atoms with E-state index in [2.05, 4.69) is 24.1 Å². The van der Waals surface area contributed by atoms with Gasteiger partial charge in [0.15, 0.2) is 5.82 Å². The first-order chi connectivity index (χ1) is 15.4. The molecule has 0 bridgehead atoms. The summed E-state index contributed by atoms with van der Waals surface area (Å²) in [6.07, 6.45) is 1.60. The predicted octanol–water partition coefficient (Wildman–Crippen LogP) is 6.23. The molecule has 9 heteroatoms. The quantitative estimate of drug-likeness (QED) is 0.357. The number of aliphatic hydroxyl groups is 1. The Balaban J connectivity index is 0.00000385. The van der Waals surface area contributed by atoms with E-state index in [-0.39, 0.29) is 31.5 Å². The van der Waals surface area contributed by atoms with Gasteiger partial charge in [0.1, 0.15) is 5.75 Å². The summed E-state index contributed by atoms with van der Waals surface area (Å²) in [5.74, 6) is 1.33. The fourth-order valence-corrected chi connectivity index (χ4v) is 3.42. The zero-order valence-electron chi connectivity index (χ0n) is 18.3. The van der Waals surface area contributed by atoms with Crippen LogP contribution in [-0.4, -0.2) is 35.8 Å². The molecule has 176 valence electrons. The average molecular weight is 511 g/mol. The largest absolute Gasteiger partial charge is 0.493 e. The summed E-state index contributed by atoms with van der Waals surface area (Å²) < 4.78 is 5.67. The molecule has 3 aromatic rings. The molecule has 3 rings (SSSR count). The highest BCUT2D eigenvalue weighted by Gasteiger charge is 2.18. The normalized spacial score (nSPS) is 10.5. The minimum absolute atomic E-state index is 0. The first-order valence-electron chi connectivity index (χ1n) is 10.2. The number of anilines is 3. The van der Waals surface area contributed by atoms with Crippen molar-refractivity contribution in [2.45, 2.75) is 13.8 Å². The van der Waals surface area contributed by atoms with Crippen LogP contribution in [0.4, 0.5) is 17.2 Å². The lowest BCUT2D eigenvalue weighted by atomic mass is 10.1. The summed E-state index contributed by atoms with van der Waals surface area (Å²) in [5, 5.41) is 13.2. The molecular formula is C24H26Cl3N3O3. The molecule has 33 heavy (non-hydrogen) atoms. The molecule has 0 aliphatic rings. The summed E-state index contributed by atoms with van der Waals surface area (Å²) in [6.45, 7) is 4.85. The van der Waals surface area contributed by atoms with Crippen molar-refractivity contribution in [3.8, 4) is 5.75 Å². The van der Waals surface area contributed by atoms with Crippen LogP contribution in [0, 0.1) is 5.92 Å². The van der Waals surface area contributed by atoms with Crippen LogP contribution in [0.5, 0.6) is 5.75 Å². The van der Waals surface area contributed by atoms with Crippen LogP contribution in [0.25, 0.3) is 0 Å². The number of aliphatic hydroxyl groups excluding tert-OH is 1. The second kappa shape index (κ2) is 12.7. The number of benzene rings is 2. The number of rotatable bonds is 9. The van der Waals surface area contributed by atoms with Crippen molar-refractivity contribution >= 4 is 58.7 Å². The standard InChI is InChI=1S/C24H25Cl2N3O3.ClH/c1-16(2)15-32-19-8-6-18(7-9-19)28-24(31)17-5-10-20(25)22(14-17)29(12-13-30)23-21(26)4-3-11-27-23;/h3-11,14,16,30H,12-13,15H2,1-2H3,(H,28,31);1H. The number of carbonyl (C=O) groups excluding carboxylic acids is 1. The fourth-order valence-electron chi connectivity index (χ4n) is 2.98. The van der Waals surface area contributed by atoms with Crippen LogP contribution in [0.1, 0.15) is 24.2 Å². The van der Waals surface area contributed by atoms with E-state index >= 15 is 0 Å². The number of pyridine rings is 1. The highest BCUT2D eigenvalue weighted by atomic mass is 35.5. The van der Waals surface area contributed by atoms with Gasteiger partial charge in [-0.3, -0.25) is 4.79 Å². The van der Waals surface area contributed by atoms with Crippen LogP contribution < -0.4 is 15.0 Å². The predicted molar refractivity (Wildman–Crippen MR) is 137 cm³/mol. The minimum atomic E-state index is -0.296. The topological polar surface area (TPSA) is 74.7 Å². The first-order valence-corrected chi connectivity index (χ1v) is 11.0. The highest BCUT2D eigenvalue weighted by molar-refractivity contribution is 6.35. The van der Waals surface area contributed by atoms with E-state index < -0.39 is 0 Å². The van der Waals surface area contributed by atoms with Crippen LogP contribution in [0.15, 0.2) is 60.8 Å². The number of aromatic nitrogens is 1. The lowest BCUT2D eigenvalue weighted by Crippen LogP contribution is -2.23. The maximum absolute atomic E-state index is 12.9. The molecule has 2 aromatic carbocycles.